The van der Waals surface area contributed by atoms with Crippen LogP contribution in [0.1, 0.15) is 60.5 Å². The van der Waals surface area contributed by atoms with E-state index in [9.17, 15) is 9.90 Å². The molecule has 1 unspecified atom stereocenters. The minimum atomic E-state index is -0.734. The monoisotopic (exact) mass is 406 g/mol. The summed E-state index contributed by atoms with van der Waals surface area (Å²) in [6, 6.07) is 16.2. The van der Waals surface area contributed by atoms with Gasteiger partial charge in [0.25, 0.3) is 0 Å². The van der Waals surface area contributed by atoms with Crippen LogP contribution in [-0.4, -0.2) is 42.0 Å². The zero-order chi connectivity index (χ0) is 21.0. The van der Waals surface area contributed by atoms with Crippen LogP contribution >= 0.6 is 0 Å². The van der Waals surface area contributed by atoms with E-state index in [0.717, 1.165) is 75.1 Å². The number of carbonyl (C=O) groups is 1. The molecule has 4 nitrogen and oxygen atoms in total. The van der Waals surface area contributed by atoms with Gasteiger partial charge in [0.15, 0.2) is 5.78 Å². The zero-order valence-electron chi connectivity index (χ0n) is 18.1. The summed E-state index contributed by atoms with van der Waals surface area (Å²) < 4.78 is 0. The number of unbranched alkanes of at least 4 members (excludes halogenated alkanes) is 1. The number of ketones is 1. The Kier molecular flexibility index (Phi) is 6.55. The largest absolute Gasteiger partial charge is 0.385 e. The number of nitrogens with one attached hydrogen (secondary N) is 1. The Balaban J connectivity index is 1.34. The topological polar surface area (TPSA) is 52.6 Å². The molecule has 0 bridgehead atoms. The third-order valence-corrected chi connectivity index (χ3v) is 6.84. The molecule has 2 N–H and O–H groups in total. The van der Waals surface area contributed by atoms with Gasteiger partial charge in [-0.15, -0.1) is 0 Å². The molecule has 1 aliphatic carbocycles. The van der Waals surface area contributed by atoms with Crippen LogP contribution in [0.2, 0.25) is 0 Å². The number of aliphatic hydroxyl groups is 1. The molecule has 1 saturated heterocycles. The number of hydrogen-bond acceptors (Lipinski definition) is 4. The molecular weight excluding hydrogens is 372 g/mol. The summed E-state index contributed by atoms with van der Waals surface area (Å²) >= 11 is 0. The molecule has 0 spiro atoms. The van der Waals surface area contributed by atoms with Crippen molar-refractivity contribution in [3.8, 4) is 0 Å². The van der Waals surface area contributed by atoms with Crippen molar-refractivity contribution in [2.24, 2.45) is 5.92 Å². The third kappa shape index (κ3) is 4.60. The quantitative estimate of drug-likeness (QED) is 0.659. The number of aryl methyl sites for hydroxylation is 1. The van der Waals surface area contributed by atoms with Crippen LogP contribution in [0.5, 0.6) is 0 Å². The zero-order valence-corrected chi connectivity index (χ0v) is 18.1. The lowest BCUT2D eigenvalue weighted by Gasteiger charge is -2.40. The van der Waals surface area contributed by atoms with Gasteiger partial charge in [0, 0.05) is 43.3 Å². The maximum atomic E-state index is 13.1. The van der Waals surface area contributed by atoms with Crippen molar-refractivity contribution < 1.29 is 9.90 Å². The molecule has 2 aliphatic rings. The molecule has 0 radical (unpaired) electrons. The third-order valence-electron chi connectivity index (χ3n) is 6.84. The number of anilines is 1. The number of hydrogen-bond donors (Lipinski definition) is 2. The molecule has 4 rings (SSSR count). The normalized spacial score (nSPS) is 21.3. The van der Waals surface area contributed by atoms with E-state index in [4.69, 9.17) is 0 Å². The van der Waals surface area contributed by atoms with E-state index >= 15 is 0 Å². The average Bonchev–Trinajstić information content (AvgIpc) is 2.78. The molecule has 1 aliphatic heterocycles. The molecule has 2 aromatic carbocycles. The molecule has 30 heavy (non-hydrogen) atoms. The van der Waals surface area contributed by atoms with Crippen molar-refractivity contribution >= 4 is 11.5 Å². The molecule has 2 aromatic rings. The first kappa shape index (κ1) is 21.1. The van der Waals surface area contributed by atoms with Gasteiger partial charge in [-0.05, 0) is 61.4 Å². The van der Waals surface area contributed by atoms with E-state index < -0.39 is 5.60 Å². The van der Waals surface area contributed by atoms with Crippen LogP contribution in [0.15, 0.2) is 48.5 Å². The first-order valence-electron chi connectivity index (χ1n) is 11.5. The van der Waals surface area contributed by atoms with Crippen LogP contribution < -0.4 is 5.32 Å². The number of carbonyl (C=O) groups excluding carboxylic acids is 1. The Hall–Kier alpha value is -2.17. The average molecular weight is 407 g/mol. The van der Waals surface area contributed by atoms with Gasteiger partial charge in [-0.2, -0.15) is 0 Å². The summed E-state index contributed by atoms with van der Waals surface area (Å²) in [6.07, 6.45) is 5.67. The molecule has 0 amide bonds. The summed E-state index contributed by atoms with van der Waals surface area (Å²) in [7, 11) is 0. The number of Topliss-reactive ketones (excluding diaryl/α,β-unsaturated/α-hetero) is 1. The first-order valence-corrected chi connectivity index (χ1v) is 11.5. The summed E-state index contributed by atoms with van der Waals surface area (Å²) in [5.74, 6) is 0.361. The van der Waals surface area contributed by atoms with Crippen LogP contribution in [0.25, 0.3) is 0 Å². The Morgan fingerprint density at radius 3 is 2.63 bits per heavy atom. The second kappa shape index (κ2) is 9.32. The van der Waals surface area contributed by atoms with Crippen molar-refractivity contribution in [3.05, 3.63) is 65.2 Å². The molecular formula is C26H34N2O2. The molecule has 0 saturated carbocycles. The Bertz CT molecular complexity index is 857. The lowest BCUT2D eigenvalue weighted by molar-refractivity contribution is -0.0283. The van der Waals surface area contributed by atoms with E-state index in [1.54, 1.807) is 0 Å². The lowest BCUT2D eigenvalue weighted by Crippen LogP contribution is -2.45. The van der Waals surface area contributed by atoms with Gasteiger partial charge in [0.1, 0.15) is 0 Å². The molecule has 1 heterocycles. The highest BCUT2D eigenvalue weighted by molar-refractivity contribution is 6.00. The minimum Gasteiger partial charge on any atom is -0.385 e. The summed E-state index contributed by atoms with van der Waals surface area (Å²) in [5, 5.41) is 14.5. The van der Waals surface area contributed by atoms with Crippen LogP contribution in [0.4, 0.5) is 5.69 Å². The minimum absolute atomic E-state index is 0.0688. The number of likely N-dealkylation sites (tertiary alicyclic amines) is 1. The van der Waals surface area contributed by atoms with E-state index in [-0.39, 0.29) is 5.92 Å². The fourth-order valence-electron chi connectivity index (χ4n) is 4.87. The highest BCUT2D eigenvalue weighted by atomic mass is 16.3. The van der Waals surface area contributed by atoms with E-state index in [2.05, 4.69) is 29.3 Å². The van der Waals surface area contributed by atoms with Crippen molar-refractivity contribution in [1.82, 2.24) is 4.90 Å². The van der Waals surface area contributed by atoms with Gasteiger partial charge in [-0.3, -0.25) is 4.79 Å². The smallest absolute Gasteiger partial charge is 0.167 e. The molecule has 1 atom stereocenters. The Morgan fingerprint density at radius 1 is 1.13 bits per heavy atom. The van der Waals surface area contributed by atoms with E-state index in [1.165, 1.54) is 12.0 Å². The summed E-state index contributed by atoms with van der Waals surface area (Å²) in [4.78, 5) is 15.5. The van der Waals surface area contributed by atoms with Crippen LogP contribution in [-0.2, 0) is 12.0 Å². The van der Waals surface area contributed by atoms with Gasteiger partial charge < -0.3 is 15.3 Å². The first-order chi connectivity index (χ1) is 14.6. The summed E-state index contributed by atoms with van der Waals surface area (Å²) in [5.41, 5.74) is 3.50. The maximum Gasteiger partial charge on any atom is 0.167 e. The summed E-state index contributed by atoms with van der Waals surface area (Å²) in [6.45, 7) is 5.65. The number of fused-ring (bicyclic) bond motifs is 1. The highest BCUT2D eigenvalue weighted by Gasteiger charge is 2.36. The standard InChI is InChI=1S/C26H34N2O2/c1-2-3-15-27-23-11-12-24-20(18-23)9-10-21(25(24)29)19-28-16-13-26(30,14-17-28)22-7-5-4-6-8-22/h4-8,11-12,18,21,27,30H,2-3,9-10,13-17,19H2,1H3. The number of piperidine rings is 1. The fraction of sp³-hybridized carbons (Fsp3) is 0.500. The predicted octanol–water partition coefficient (Wildman–Crippen LogP) is 4.63. The lowest BCUT2D eigenvalue weighted by atomic mass is 9.81. The van der Waals surface area contributed by atoms with Gasteiger partial charge in [-0.1, -0.05) is 43.7 Å². The van der Waals surface area contributed by atoms with Crippen LogP contribution in [0.3, 0.4) is 0 Å². The van der Waals surface area contributed by atoms with E-state index in [0.29, 0.717) is 5.78 Å². The van der Waals surface area contributed by atoms with Crippen molar-refractivity contribution in [2.45, 2.75) is 51.0 Å². The molecule has 1 fully saturated rings. The molecule has 0 aromatic heterocycles. The van der Waals surface area contributed by atoms with Gasteiger partial charge in [0.2, 0.25) is 0 Å². The predicted molar refractivity (Wildman–Crippen MR) is 122 cm³/mol. The number of rotatable bonds is 7. The van der Waals surface area contributed by atoms with Crippen molar-refractivity contribution in [1.29, 1.82) is 0 Å². The molecule has 4 heteroatoms. The van der Waals surface area contributed by atoms with Gasteiger partial charge >= 0.3 is 0 Å². The van der Waals surface area contributed by atoms with E-state index in [1.807, 2.05) is 36.4 Å². The fourth-order valence-corrected chi connectivity index (χ4v) is 4.87. The number of benzene rings is 2. The van der Waals surface area contributed by atoms with Gasteiger partial charge in [0.05, 0.1) is 5.60 Å². The van der Waals surface area contributed by atoms with Crippen LogP contribution in [0, 0.1) is 5.92 Å². The number of nitrogens with zero attached hydrogens (tertiary/aromatic N) is 1. The molecule has 160 valence electrons. The van der Waals surface area contributed by atoms with Gasteiger partial charge in [-0.25, -0.2) is 0 Å². The Morgan fingerprint density at radius 2 is 1.90 bits per heavy atom. The van der Waals surface area contributed by atoms with Crippen molar-refractivity contribution in [2.75, 3.05) is 31.5 Å². The highest BCUT2D eigenvalue weighted by Crippen LogP contribution is 2.34. The SMILES string of the molecule is CCCCNc1ccc2c(c1)CCC(CN1CCC(O)(c3ccccc3)CC1)C2=O. The van der Waals surface area contributed by atoms with Crippen molar-refractivity contribution in [3.63, 3.8) is 0 Å². The Labute approximate surface area is 180 Å². The maximum absolute atomic E-state index is 13.1. The second-order valence-electron chi connectivity index (χ2n) is 8.95. The second-order valence-corrected chi connectivity index (χ2v) is 8.95.